The Labute approximate surface area is 132 Å². The number of carbonyl (C=O) groups is 1. The summed E-state index contributed by atoms with van der Waals surface area (Å²) in [4.78, 5) is 16.1. The van der Waals surface area contributed by atoms with Gasteiger partial charge in [-0.05, 0) is 49.9 Å². The monoisotopic (exact) mass is 305 g/mol. The van der Waals surface area contributed by atoms with Crippen molar-refractivity contribution in [3.63, 3.8) is 0 Å². The Kier molecular flexibility index (Phi) is 5.08. The number of halogens is 1. The summed E-state index contributed by atoms with van der Waals surface area (Å²) in [5.74, 6) is -0.246. The molecule has 3 rings (SSSR count). The highest BCUT2D eigenvalue weighted by atomic mass is 19.1. The van der Waals surface area contributed by atoms with Crippen LogP contribution in [0.1, 0.15) is 48.9 Å². The largest absolute Gasteiger partial charge is 0.338 e. The fourth-order valence-electron chi connectivity index (χ4n) is 3.86. The van der Waals surface area contributed by atoms with Gasteiger partial charge in [0.2, 0.25) is 0 Å². The van der Waals surface area contributed by atoms with E-state index >= 15 is 0 Å². The van der Waals surface area contributed by atoms with Gasteiger partial charge in [-0.2, -0.15) is 0 Å². The fraction of sp³-hybridized carbons (Fsp3) is 0.611. The highest BCUT2D eigenvalue weighted by molar-refractivity contribution is 5.94. The van der Waals surface area contributed by atoms with Crippen LogP contribution in [0.5, 0.6) is 0 Å². The van der Waals surface area contributed by atoms with Crippen molar-refractivity contribution in [1.29, 1.82) is 0 Å². The van der Waals surface area contributed by atoms with Gasteiger partial charge in [0.1, 0.15) is 5.82 Å². The van der Waals surface area contributed by atoms with E-state index in [2.05, 4.69) is 0 Å². The summed E-state index contributed by atoms with van der Waals surface area (Å²) < 4.78 is 13.0. The van der Waals surface area contributed by atoms with Crippen molar-refractivity contribution in [3.05, 3.63) is 35.6 Å². The molecule has 0 bridgehead atoms. The summed E-state index contributed by atoms with van der Waals surface area (Å²) in [7, 11) is 0. The van der Waals surface area contributed by atoms with Crippen LogP contribution < -0.4 is 4.90 Å². The smallest absolute Gasteiger partial charge is 0.253 e. The minimum Gasteiger partial charge on any atom is -0.338 e. The molecule has 2 saturated heterocycles. The minimum absolute atomic E-state index is 0.0457. The molecule has 0 spiro atoms. The van der Waals surface area contributed by atoms with Crippen LogP contribution in [0.4, 0.5) is 4.39 Å². The van der Waals surface area contributed by atoms with Crippen LogP contribution in [0.15, 0.2) is 24.3 Å². The molecule has 0 aromatic heterocycles. The predicted molar refractivity (Wildman–Crippen MR) is 84.5 cm³/mol. The molecule has 4 heteroatoms. The first-order chi connectivity index (χ1) is 10.7. The van der Waals surface area contributed by atoms with Crippen molar-refractivity contribution in [2.45, 2.75) is 44.6 Å². The second kappa shape index (κ2) is 7.23. The number of hydrogen-bond donors (Lipinski definition) is 1. The van der Waals surface area contributed by atoms with E-state index < -0.39 is 0 Å². The van der Waals surface area contributed by atoms with E-state index in [-0.39, 0.29) is 11.7 Å². The standard InChI is InChI=1S/C18H25FN2O/c19-16-7-5-15(6-8-16)18(22)21-13-9-17(10-14-21)20-11-3-1-2-4-12-20/h5-8,17H,1-4,9-14H2/p+1. The van der Waals surface area contributed by atoms with Crippen LogP contribution in [0.25, 0.3) is 0 Å². The fourth-order valence-corrected chi connectivity index (χ4v) is 3.86. The molecule has 22 heavy (non-hydrogen) atoms. The van der Waals surface area contributed by atoms with E-state index in [1.54, 1.807) is 17.0 Å². The zero-order valence-electron chi connectivity index (χ0n) is 13.2. The molecule has 0 saturated carbocycles. The summed E-state index contributed by atoms with van der Waals surface area (Å²) in [6.45, 7) is 4.28. The normalized spacial score (nSPS) is 21.6. The van der Waals surface area contributed by atoms with Crippen LogP contribution in [0.2, 0.25) is 0 Å². The summed E-state index contributed by atoms with van der Waals surface area (Å²) in [5, 5.41) is 0. The van der Waals surface area contributed by atoms with Crippen molar-refractivity contribution >= 4 is 5.91 Å². The zero-order chi connectivity index (χ0) is 15.4. The maximum atomic E-state index is 13.0. The molecule has 2 aliphatic heterocycles. The van der Waals surface area contributed by atoms with Gasteiger partial charge in [0.15, 0.2) is 0 Å². The highest BCUT2D eigenvalue weighted by Crippen LogP contribution is 2.14. The molecule has 0 atom stereocenters. The third-order valence-electron chi connectivity index (χ3n) is 5.20. The van der Waals surface area contributed by atoms with E-state index in [1.807, 2.05) is 4.90 Å². The van der Waals surface area contributed by atoms with Crippen LogP contribution >= 0.6 is 0 Å². The summed E-state index contributed by atoms with van der Waals surface area (Å²) in [6, 6.07) is 6.62. The number of piperidine rings is 1. The lowest BCUT2D eigenvalue weighted by atomic mass is 10.0. The molecule has 0 unspecified atom stereocenters. The molecule has 1 amide bonds. The van der Waals surface area contributed by atoms with Gasteiger partial charge in [-0.3, -0.25) is 4.79 Å². The number of hydrogen-bond acceptors (Lipinski definition) is 1. The molecule has 2 aliphatic rings. The van der Waals surface area contributed by atoms with Crippen LogP contribution in [0, 0.1) is 5.82 Å². The van der Waals surface area contributed by atoms with Crippen LogP contribution in [0.3, 0.4) is 0 Å². The van der Waals surface area contributed by atoms with E-state index in [9.17, 15) is 9.18 Å². The summed E-state index contributed by atoms with van der Waals surface area (Å²) >= 11 is 0. The second-order valence-electron chi connectivity index (χ2n) is 6.65. The maximum Gasteiger partial charge on any atom is 0.253 e. The van der Waals surface area contributed by atoms with Gasteiger partial charge in [-0.15, -0.1) is 0 Å². The Morgan fingerprint density at radius 3 is 2.18 bits per heavy atom. The average Bonchev–Trinajstić information content (AvgIpc) is 2.84. The molecule has 1 N–H and O–H groups in total. The zero-order valence-corrected chi connectivity index (χ0v) is 13.2. The topological polar surface area (TPSA) is 24.8 Å². The van der Waals surface area contributed by atoms with Crippen molar-refractivity contribution in [3.8, 4) is 0 Å². The summed E-state index contributed by atoms with van der Waals surface area (Å²) in [5.41, 5.74) is 0.599. The van der Waals surface area contributed by atoms with Crippen LogP contribution in [-0.2, 0) is 0 Å². The first kappa shape index (κ1) is 15.5. The Morgan fingerprint density at radius 2 is 1.59 bits per heavy atom. The highest BCUT2D eigenvalue weighted by Gasteiger charge is 2.30. The van der Waals surface area contributed by atoms with Gasteiger partial charge in [0.25, 0.3) is 5.91 Å². The number of amides is 1. The maximum absolute atomic E-state index is 13.0. The number of likely N-dealkylation sites (tertiary alicyclic amines) is 2. The lowest BCUT2D eigenvalue weighted by Crippen LogP contribution is -3.16. The Hall–Kier alpha value is -1.42. The molecule has 2 fully saturated rings. The number of quaternary nitrogens is 1. The Balaban J connectivity index is 1.54. The first-order valence-corrected chi connectivity index (χ1v) is 8.63. The average molecular weight is 305 g/mol. The number of benzene rings is 1. The van der Waals surface area contributed by atoms with Crippen molar-refractivity contribution in [2.75, 3.05) is 26.2 Å². The van der Waals surface area contributed by atoms with Crippen molar-refractivity contribution in [1.82, 2.24) is 4.90 Å². The molecule has 0 aliphatic carbocycles. The lowest BCUT2D eigenvalue weighted by Gasteiger charge is -2.36. The van der Waals surface area contributed by atoms with E-state index in [4.69, 9.17) is 0 Å². The minimum atomic E-state index is -0.292. The van der Waals surface area contributed by atoms with Gasteiger partial charge in [0, 0.05) is 31.5 Å². The van der Waals surface area contributed by atoms with Gasteiger partial charge in [0.05, 0.1) is 19.1 Å². The molecule has 1 aromatic carbocycles. The summed E-state index contributed by atoms with van der Waals surface area (Å²) in [6.07, 6.45) is 7.66. The third kappa shape index (κ3) is 3.67. The van der Waals surface area contributed by atoms with E-state index in [1.165, 1.54) is 50.9 Å². The van der Waals surface area contributed by atoms with Gasteiger partial charge >= 0.3 is 0 Å². The van der Waals surface area contributed by atoms with Crippen LogP contribution in [-0.4, -0.2) is 43.0 Å². The molecule has 0 radical (unpaired) electrons. The van der Waals surface area contributed by atoms with Crippen molar-refractivity contribution < 1.29 is 14.1 Å². The third-order valence-corrected chi connectivity index (χ3v) is 5.20. The molecule has 2 heterocycles. The van der Waals surface area contributed by atoms with Gasteiger partial charge < -0.3 is 9.80 Å². The number of nitrogens with one attached hydrogen (secondary N) is 1. The molecule has 1 aromatic rings. The first-order valence-electron chi connectivity index (χ1n) is 8.63. The number of rotatable bonds is 2. The lowest BCUT2D eigenvalue weighted by molar-refractivity contribution is -0.926. The Bertz CT molecular complexity index is 486. The van der Waals surface area contributed by atoms with E-state index in [0.29, 0.717) is 5.56 Å². The van der Waals surface area contributed by atoms with Gasteiger partial charge in [-0.25, -0.2) is 4.39 Å². The van der Waals surface area contributed by atoms with Gasteiger partial charge in [-0.1, -0.05) is 0 Å². The van der Waals surface area contributed by atoms with E-state index in [0.717, 1.165) is 32.0 Å². The molecule has 3 nitrogen and oxygen atoms in total. The molecule has 120 valence electrons. The SMILES string of the molecule is O=C(c1ccc(F)cc1)N1CCC([NH+]2CCCCCC2)CC1. The Morgan fingerprint density at radius 1 is 1.00 bits per heavy atom. The predicted octanol–water partition coefficient (Wildman–Crippen LogP) is 1.89. The quantitative estimate of drug-likeness (QED) is 0.887. The second-order valence-corrected chi connectivity index (χ2v) is 6.65. The molecular formula is C18H26FN2O+. The number of nitrogens with zero attached hydrogens (tertiary/aromatic N) is 1. The number of carbonyl (C=O) groups excluding carboxylic acids is 1. The van der Waals surface area contributed by atoms with Crippen molar-refractivity contribution in [2.24, 2.45) is 0 Å². The molecular weight excluding hydrogens is 279 g/mol.